The summed E-state index contributed by atoms with van der Waals surface area (Å²) in [7, 11) is 1.60. The number of likely N-dealkylation sites (tertiary alicyclic amines) is 1. The molecule has 27 heavy (non-hydrogen) atoms. The summed E-state index contributed by atoms with van der Waals surface area (Å²) in [4.78, 5) is 41.0. The summed E-state index contributed by atoms with van der Waals surface area (Å²) in [6.45, 7) is 4.91. The third-order valence-electron chi connectivity index (χ3n) is 6.30. The molecule has 2 fully saturated rings. The first-order valence-corrected chi connectivity index (χ1v) is 9.54. The molecule has 7 heteroatoms. The van der Waals surface area contributed by atoms with Gasteiger partial charge in [-0.3, -0.25) is 19.3 Å². The number of imide groups is 1. The summed E-state index contributed by atoms with van der Waals surface area (Å²) < 4.78 is 5.06. The molecule has 3 aliphatic rings. The van der Waals surface area contributed by atoms with Crippen molar-refractivity contribution in [2.75, 3.05) is 25.6 Å². The lowest BCUT2D eigenvalue weighted by atomic mass is 9.76. The highest BCUT2D eigenvalue weighted by Crippen LogP contribution is 2.49. The quantitative estimate of drug-likeness (QED) is 0.565. The predicted octanol–water partition coefficient (Wildman–Crippen LogP) is 0.0733. The van der Waals surface area contributed by atoms with Crippen molar-refractivity contribution in [2.24, 2.45) is 17.8 Å². The number of benzene rings is 1. The van der Waals surface area contributed by atoms with Crippen molar-refractivity contribution >= 4 is 23.4 Å². The lowest BCUT2D eigenvalue weighted by Gasteiger charge is -2.27. The van der Waals surface area contributed by atoms with Crippen LogP contribution >= 0.6 is 0 Å². The minimum atomic E-state index is -1.06. The third kappa shape index (κ3) is 2.38. The van der Waals surface area contributed by atoms with Gasteiger partial charge < -0.3 is 15.4 Å². The van der Waals surface area contributed by atoms with E-state index in [0.717, 1.165) is 11.3 Å². The molecule has 3 aliphatic heterocycles. The van der Waals surface area contributed by atoms with Crippen LogP contribution in [0.3, 0.4) is 0 Å². The largest absolute Gasteiger partial charge is 0.385 e. The minimum Gasteiger partial charge on any atom is -0.385 e. The second kappa shape index (κ2) is 6.42. The zero-order valence-electron chi connectivity index (χ0n) is 15.9. The van der Waals surface area contributed by atoms with Crippen molar-refractivity contribution in [1.82, 2.24) is 4.90 Å². The number of carbonyl (C=O) groups is 3. The molecular weight excluding hydrogens is 346 g/mol. The van der Waals surface area contributed by atoms with E-state index < -0.39 is 17.4 Å². The smallest absolute Gasteiger partial charge is 0.291 e. The number of rotatable bonds is 5. The van der Waals surface area contributed by atoms with Gasteiger partial charge in [0.1, 0.15) is 17.9 Å². The van der Waals surface area contributed by atoms with Crippen LogP contribution in [-0.2, 0) is 24.7 Å². The Balaban J connectivity index is 1.79. The van der Waals surface area contributed by atoms with Crippen LogP contribution in [-0.4, -0.2) is 48.9 Å². The predicted molar refractivity (Wildman–Crippen MR) is 97.5 cm³/mol. The molecular formula is C20H26N3O4+. The Bertz CT molecular complexity index is 808. The van der Waals surface area contributed by atoms with Crippen molar-refractivity contribution in [3.05, 3.63) is 29.8 Å². The number of hydrogen-bond donors (Lipinski definition) is 2. The van der Waals surface area contributed by atoms with E-state index >= 15 is 0 Å². The van der Waals surface area contributed by atoms with Crippen LogP contribution in [0.2, 0.25) is 0 Å². The molecule has 144 valence electrons. The maximum Gasteiger partial charge on any atom is 0.291 e. The van der Waals surface area contributed by atoms with E-state index in [4.69, 9.17) is 4.74 Å². The molecule has 1 spiro atoms. The first-order valence-electron chi connectivity index (χ1n) is 9.54. The molecule has 0 bridgehead atoms. The van der Waals surface area contributed by atoms with E-state index in [1.54, 1.807) is 7.11 Å². The number of carbonyl (C=O) groups excluding carboxylic acids is 3. The van der Waals surface area contributed by atoms with Crippen molar-refractivity contribution in [2.45, 2.75) is 31.8 Å². The van der Waals surface area contributed by atoms with Crippen molar-refractivity contribution in [3.63, 3.8) is 0 Å². The number of nitrogens with two attached hydrogens (primary N) is 1. The Morgan fingerprint density at radius 3 is 2.67 bits per heavy atom. The Kier molecular flexibility index (Phi) is 4.31. The highest BCUT2D eigenvalue weighted by atomic mass is 16.5. The van der Waals surface area contributed by atoms with Gasteiger partial charge in [-0.1, -0.05) is 32.0 Å². The normalized spacial score (nSPS) is 31.8. The zero-order chi connectivity index (χ0) is 19.3. The van der Waals surface area contributed by atoms with Crippen molar-refractivity contribution in [1.29, 1.82) is 0 Å². The van der Waals surface area contributed by atoms with Gasteiger partial charge in [-0.2, -0.15) is 0 Å². The fraction of sp³-hybridized carbons (Fsp3) is 0.550. The molecule has 4 rings (SSSR count). The van der Waals surface area contributed by atoms with E-state index in [0.29, 0.717) is 19.6 Å². The third-order valence-corrected chi connectivity index (χ3v) is 6.30. The number of amides is 3. The van der Waals surface area contributed by atoms with Gasteiger partial charge in [0.25, 0.3) is 5.91 Å². The second-order valence-corrected chi connectivity index (χ2v) is 8.03. The van der Waals surface area contributed by atoms with Gasteiger partial charge in [-0.25, -0.2) is 0 Å². The molecule has 3 heterocycles. The van der Waals surface area contributed by atoms with Gasteiger partial charge in [0, 0.05) is 31.7 Å². The molecule has 3 amide bonds. The van der Waals surface area contributed by atoms with Crippen LogP contribution in [0.25, 0.3) is 0 Å². The van der Waals surface area contributed by atoms with Crippen LogP contribution in [0.15, 0.2) is 24.3 Å². The molecule has 1 aromatic rings. The van der Waals surface area contributed by atoms with E-state index in [1.807, 2.05) is 43.4 Å². The molecule has 2 saturated heterocycles. The summed E-state index contributed by atoms with van der Waals surface area (Å²) in [5.41, 5.74) is 0.493. The first-order chi connectivity index (χ1) is 12.9. The van der Waals surface area contributed by atoms with Gasteiger partial charge >= 0.3 is 0 Å². The van der Waals surface area contributed by atoms with E-state index in [1.165, 1.54) is 4.90 Å². The summed E-state index contributed by atoms with van der Waals surface area (Å²) in [5.74, 6) is -1.55. The van der Waals surface area contributed by atoms with E-state index in [2.05, 4.69) is 5.32 Å². The summed E-state index contributed by atoms with van der Waals surface area (Å²) >= 11 is 0. The number of nitrogens with zero attached hydrogens (tertiary/aromatic N) is 1. The van der Waals surface area contributed by atoms with Crippen LogP contribution in [0.1, 0.15) is 25.8 Å². The minimum absolute atomic E-state index is 0.115. The molecule has 0 aliphatic carbocycles. The van der Waals surface area contributed by atoms with E-state index in [9.17, 15) is 14.4 Å². The molecule has 0 radical (unpaired) electrons. The van der Waals surface area contributed by atoms with Crippen LogP contribution in [0.4, 0.5) is 5.69 Å². The maximum atomic E-state index is 13.3. The van der Waals surface area contributed by atoms with Gasteiger partial charge in [-0.15, -0.1) is 0 Å². The Hall–Kier alpha value is -2.25. The number of ether oxygens (including phenoxy) is 1. The first kappa shape index (κ1) is 18.1. The standard InChI is InChI=1S/C20H25N3O4/c1-11(2)16-14-15(18(25)23(17(14)24)9-6-10-27-3)20(22-16)12-7-4-5-8-13(12)21-19(20)26/h4-5,7-8,11,14-16,22H,6,9-10H2,1-3H3,(H,21,26)/p+1/t14-,15-,16-,20+/m0/s1. The number of methoxy groups -OCH3 is 1. The maximum absolute atomic E-state index is 13.3. The molecule has 4 atom stereocenters. The Morgan fingerprint density at radius 1 is 1.22 bits per heavy atom. The van der Waals surface area contributed by atoms with Crippen molar-refractivity contribution in [3.8, 4) is 0 Å². The number of hydrogen-bond acceptors (Lipinski definition) is 4. The fourth-order valence-electron chi connectivity index (χ4n) is 5.10. The van der Waals surface area contributed by atoms with Crippen LogP contribution < -0.4 is 10.6 Å². The number of fused-ring (bicyclic) bond motifs is 4. The second-order valence-electron chi connectivity index (χ2n) is 8.03. The lowest BCUT2D eigenvalue weighted by Crippen LogP contribution is -2.99. The van der Waals surface area contributed by atoms with Gasteiger partial charge in [0.15, 0.2) is 0 Å². The topological polar surface area (TPSA) is 92.3 Å². The Morgan fingerprint density at radius 2 is 1.96 bits per heavy atom. The molecule has 1 aromatic carbocycles. The molecule has 7 nitrogen and oxygen atoms in total. The highest BCUT2D eigenvalue weighted by Gasteiger charge is 2.74. The Labute approximate surface area is 158 Å². The molecule has 0 unspecified atom stereocenters. The number of quaternary nitrogens is 1. The van der Waals surface area contributed by atoms with Gasteiger partial charge in [0.05, 0.1) is 5.69 Å². The van der Waals surface area contributed by atoms with Gasteiger partial charge in [0.2, 0.25) is 17.4 Å². The lowest BCUT2D eigenvalue weighted by molar-refractivity contribution is -0.738. The summed E-state index contributed by atoms with van der Waals surface area (Å²) in [6.07, 6.45) is 0.596. The molecule has 0 saturated carbocycles. The van der Waals surface area contributed by atoms with E-state index in [-0.39, 0.29) is 29.7 Å². The average Bonchev–Trinajstić information content (AvgIpc) is 3.22. The monoisotopic (exact) mass is 372 g/mol. The van der Waals surface area contributed by atoms with Crippen molar-refractivity contribution < 1.29 is 24.4 Å². The molecule has 3 N–H and O–H groups in total. The number of anilines is 1. The van der Waals surface area contributed by atoms with Gasteiger partial charge in [-0.05, 0) is 12.5 Å². The number of nitrogens with one attached hydrogen (secondary N) is 1. The molecule has 0 aromatic heterocycles. The highest BCUT2D eigenvalue weighted by molar-refractivity contribution is 6.13. The zero-order valence-corrected chi connectivity index (χ0v) is 15.9. The SMILES string of the molecule is COCCCN1C(=O)[C@H]2[C@@H](C1=O)[C@@]1([NH2+][C@H]2C(C)C)C(=O)Nc2ccccc21. The average molecular weight is 372 g/mol. The van der Waals surface area contributed by atoms with Crippen LogP contribution in [0.5, 0.6) is 0 Å². The number of para-hydroxylation sites is 1. The fourth-order valence-corrected chi connectivity index (χ4v) is 5.10. The van der Waals surface area contributed by atoms with Crippen LogP contribution in [0, 0.1) is 17.8 Å². The summed E-state index contributed by atoms with van der Waals surface area (Å²) in [6, 6.07) is 7.38. The summed E-state index contributed by atoms with van der Waals surface area (Å²) in [5, 5.41) is 4.92.